The van der Waals surface area contributed by atoms with E-state index in [1.807, 2.05) is 24.1 Å². The second kappa shape index (κ2) is 7.53. The number of carbonyl (C=O) groups excluding carboxylic acids is 1. The Balaban J connectivity index is 2.09. The lowest BCUT2D eigenvalue weighted by Gasteiger charge is -2.17. The van der Waals surface area contributed by atoms with E-state index in [0.717, 1.165) is 11.3 Å². The number of benzene rings is 1. The van der Waals surface area contributed by atoms with Gasteiger partial charge in [0.2, 0.25) is 0 Å². The quantitative estimate of drug-likeness (QED) is 0.753. The highest BCUT2D eigenvalue weighted by molar-refractivity contribution is 6.30. The predicted octanol–water partition coefficient (Wildman–Crippen LogP) is 3.67. The van der Waals surface area contributed by atoms with Gasteiger partial charge >= 0.3 is 5.97 Å². The fourth-order valence-corrected chi connectivity index (χ4v) is 2.61. The largest absolute Gasteiger partial charge is 0.496 e. The summed E-state index contributed by atoms with van der Waals surface area (Å²) in [5, 5.41) is 0.663. The van der Waals surface area contributed by atoms with Crippen LogP contribution in [0.2, 0.25) is 5.02 Å². The molecule has 1 aromatic carbocycles. The summed E-state index contributed by atoms with van der Waals surface area (Å²) in [5.41, 5.74) is 1.44. The van der Waals surface area contributed by atoms with Crippen molar-refractivity contribution in [3.05, 3.63) is 51.9 Å². The Kier molecular flexibility index (Phi) is 5.69. The van der Waals surface area contributed by atoms with Crippen LogP contribution in [0.3, 0.4) is 0 Å². The molecule has 0 radical (unpaired) electrons. The number of methoxy groups -OCH3 is 2. The third kappa shape index (κ3) is 4.27. The first-order valence-corrected chi connectivity index (χ1v) is 7.51. The number of ether oxygens (including phenoxy) is 2. The summed E-state index contributed by atoms with van der Waals surface area (Å²) in [6.45, 7) is 2.93. The number of hydrogen-bond donors (Lipinski definition) is 0. The van der Waals surface area contributed by atoms with Crippen LogP contribution in [0.25, 0.3) is 0 Å². The molecule has 2 aromatic rings. The van der Waals surface area contributed by atoms with Gasteiger partial charge in [-0.3, -0.25) is 4.90 Å². The van der Waals surface area contributed by atoms with E-state index in [1.54, 1.807) is 26.2 Å². The van der Waals surface area contributed by atoms with Crippen molar-refractivity contribution in [2.45, 2.75) is 20.0 Å². The summed E-state index contributed by atoms with van der Waals surface area (Å²) in [6.07, 6.45) is 0. The van der Waals surface area contributed by atoms with Gasteiger partial charge in [-0.2, -0.15) is 0 Å². The van der Waals surface area contributed by atoms with Crippen LogP contribution in [0.4, 0.5) is 0 Å². The second-order valence-electron chi connectivity index (χ2n) is 5.30. The molecule has 0 bridgehead atoms. The van der Waals surface area contributed by atoms with Gasteiger partial charge in [-0.25, -0.2) is 4.79 Å². The van der Waals surface area contributed by atoms with E-state index in [9.17, 15) is 4.79 Å². The van der Waals surface area contributed by atoms with E-state index in [4.69, 9.17) is 25.5 Å². The fourth-order valence-electron chi connectivity index (χ4n) is 2.42. The summed E-state index contributed by atoms with van der Waals surface area (Å²) in [5.74, 6) is 1.65. The molecule has 5 nitrogen and oxygen atoms in total. The molecule has 0 spiro atoms. The topological polar surface area (TPSA) is 51.9 Å². The Morgan fingerprint density at radius 3 is 2.65 bits per heavy atom. The Hall–Kier alpha value is -1.98. The standard InChI is InChI=1S/C17H20ClNO4/c1-11-15(17(20)22-4)8-14(23-11)10-19(2)9-12-7-13(18)5-6-16(12)21-3/h5-8H,9-10H2,1-4H3. The van der Waals surface area contributed by atoms with Crippen LogP contribution >= 0.6 is 11.6 Å². The van der Waals surface area contributed by atoms with Crippen molar-refractivity contribution in [2.24, 2.45) is 0 Å². The number of nitrogens with zero attached hydrogens (tertiary/aromatic N) is 1. The Morgan fingerprint density at radius 2 is 2.00 bits per heavy atom. The van der Waals surface area contributed by atoms with Gasteiger partial charge in [0.15, 0.2) is 0 Å². The Labute approximate surface area is 140 Å². The molecule has 0 atom stereocenters. The molecular formula is C17H20ClNO4. The summed E-state index contributed by atoms with van der Waals surface area (Å²) >= 11 is 6.05. The smallest absolute Gasteiger partial charge is 0.341 e. The van der Waals surface area contributed by atoms with Crippen molar-refractivity contribution in [3.63, 3.8) is 0 Å². The van der Waals surface area contributed by atoms with Gasteiger partial charge in [0.05, 0.1) is 20.8 Å². The number of carbonyl (C=O) groups is 1. The molecule has 0 unspecified atom stereocenters. The minimum atomic E-state index is -0.392. The van der Waals surface area contributed by atoms with E-state index in [0.29, 0.717) is 35.2 Å². The van der Waals surface area contributed by atoms with Gasteiger partial charge in [0.1, 0.15) is 22.8 Å². The minimum Gasteiger partial charge on any atom is -0.496 e. The van der Waals surface area contributed by atoms with E-state index in [1.165, 1.54) is 7.11 Å². The molecule has 0 N–H and O–H groups in total. The first-order chi connectivity index (χ1) is 10.9. The first-order valence-electron chi connectivity index (χ1n) is 7.13. The van der Waals surface area contributed by atoms with Crippen LogP contribution in [-0.2, 0) is 17.8 Å². The Bertz CT molecular complexity index is 696. The number of furan rings is 1. The molecule has 0 fully saturated rings. The minimum absolute atomic E-state index is 0.392. The molecule has 6 heteroatoms. The monoisotopic (exact) mass is 337 g/mol. The van der Waals surface area contributed by atoms with Crippen molar-refractivity contribution in [2.75, 3.05) is 21.3 Å². The summed E-state index contributed by atoms with van der Waals surface area (Å²) in [7, 11) is 4.94. The van der Waals surface area contributed by atoms with Crippen LogP contribution in [0.1, 0.15) is 27.4 Å². The lowest BCUT2D eigenvalue weighted by atomic mass is 10.2. The molecule has 23 heavy (non-hydrogen) atoms. The molecule has 0 aliphatic heterocycles. The maximum atomic E-state index is 11.6. The van der Waals surface area contributed by atoms with Gasteiger partial charge in [0.25, 0.3) is 0 Å². The fraction of sp³-hybridized carbons (Fsp3) is 0.353. The second-order valence-corrected chi connectivity index (χ2v) is 5.74. The summed E-state index contributed by atoms with van der Waals surface area (Å²) in [6, 6.07) is 7.23. The average Bonchev–Trinajstić information content (AvgIpc) is 2.87. The molecule has 0 aliphatic carbocycles. The first kappa shape index (κ1) is 17.4. The SMILES string of the molecule is COC(=O)c1cc(CN(C)Cc2cc(Cl)ccc2OC)oc1C. The molecule has 124 valence electrons. The molecule has 1 aromatic heterocycles. The van der Waals surface area contributed by atoms with Crippen LogP contribution < -0.4 is 4.74 Å². The Morgan fingerprint density at radius 1 is 1.26 bits per heavy atom. The lowest BCUT2D eigenvalue weighted by Crippen LogP contribution is -2.17. The van der Waals surface area contributed by atoms with Crippen molar-refractivity contribution in [1.29, 1.82) is 0 Å². The van der Waals surface area contributed by atoms with Crippen molar-refractivity contribution in [3.8, 4) is 5.75 Å². The van der Waals surface area contributed by atoms with Gasteiger partial charge in [0, 0.05) is 17.1 Å². The third-order valence-electron chi connectivity index (χ3n) is 3.48. The zero-order chi connectivity index (χ0) is 17.0. The molecule has 0 aliphatic rings. The van der Waals surface area contributed by atoms with Gasteiger partial charge in [-0.15, -0.1) is 0 Å². The number of esters is 1. The third-order valence-corrected chi connectivity index (χ3v) is 3.72. The van der Waals surface area contributed by atoms with Gasteiger partial charge in [-0.05, 0) is 38.2 Å². The van der Waals surface area contributed by atoms with Crippen LogP contribution in [0.5, 0.6) is 5.75 Å². The number of halogens is 1. The van der Waals surface area contributed by atoms with Crippen molar-refractivity contribution in [1.82, 2.24) is 4.90 Å². The zero-order valence-electron chi connectivity index (χ0n) is 13.7. The maximum absolute atomic E-state index is 11.6. The number of rotatable bonds is 6. The maximum Gasteiger partial charge on any atom is 0.341 e. The van der Waals surface area contributed by atoms with Gasteiger partial charge < -0.3 is 13.9 Å². The molecule has 0 amide bonds. The highest BCUT2D eigenvalue weighted by Crippen LogP contribution is 2.24. The van der Waals surface area contributed by atoms with E-state index < -0.39 is 5.97 Å². The molecule has 0 saturated heterocycles. The van der Waals surface area contributed by atoms with Crippen LogP contribution in [0.15, 0.2) is 28.7 Å². The van der Waals surface area contributed by atoms with Crippen molar-refractivity contribution < 1.29 is 18.7 Å². The zero-order valence-corrected chi connectivity index (χ0v) is 14.4. The molecule has 2 rings (SSSR count). The van der Waals surface area contributed by atoms with Crippen molar-refractivity contribution >= 4 is 17.6 Å². The highest BCUT2D eigenvalue weighted by Gasteiger charge is 2.16. The normalized spacial score (nSPS) is 10.9. The van der Waals surface area contributed by atoms with E-state index in [2.05, 4.69) is 0 Å². The van der Waals surface area contributed by atoms with Crippen LogP contribution in [-0.4, -0.2) is 32.1 Å². The van der Waals surface area contributed by atoms with Gasteiger partial charge in [-0.1, -0.05) is 11.6 Å². The molecular weight excluding hydrogens is 318 g/mol. The van der Waals surface area contributed by atoms with Crippen LogP contribution in [0, 0.1) is 6.92 Å². The molecule has 1 heterocycles. The van der Waals surface area contributed by atoms with E-state index in [-0.39, 0.29) is 0 Å². The number of aryl methyl sites for hydroxylation is 1. The highest BCUT2D eigenvalue weighted by atomic mass is 35.5. The predicted molar refractivity (Wildman–Crippen MR) is 88.0 cm³/mol. The average molecular weight is 338 g/mol. The summed E-state index contributed by atoms with van der Waals surface area (Å²) < 4.78 is 15.7. The molecule has 0 saturated carbocycles. The number of hydrogen-bond acceptors (Lipinski definition) is 5. The summed E-state index contributed by atoms with van der Waals surface area (Å²) in [4.78, 5) is 13.7. The van der Waals surface area contributed by atoms with E-state index >= 15 is 0 Å². The lowest BCUT2D eigenvalue weighted by molar-refractivity contribution is 0.0599.